The highest BCUT2D eigenvalue weighted by molar-refractivity contribution is 7.78. The van der Waals surface area contributed by atoms with Crippen molar-refractivity contribution in [3.8, 4) is 0 Å². The van der Waals surface area contributed by atoms with E-state index in [-0.39, 0.29) is 0 Å². The molecule has 1 aromatic carbocycles. The molecule has 1 aromatic rings. The van der Waals surface area contributed by atoms with Crippen molar-refractivity contribution in [1.82, 2.24) is 0 Å². The van der Waals surface area contributed by atoms with Crippen LogP contribution in [-0.4, -0.2) is 5.02 Å². The Bertz CT molecular complexity index is 358. The minimum Gasteiger partial charge on any atom is -0.0999 e. The maximum atomic E-state index is 4.03. The first-order valence-corrected chi connectivity index (χ1v) is 6.91. The average molecular weight is 262 g/mol. The van der Waals surface area contributed by atoms with Crippen LogP contribution >= 0.6 is 12.2 Å². The summed E-state index contributed by atoms with van der Waals surface area (Å²) in [5.74, 6) is 0. The molecule has 0 aliphatic rings. The highest BCUT2D eigenvalue weighted by atomic mass is 32.1. The number of thiocarbonyl (C=S) groups is 1. The molecule has 0 aromatic heterocycles. The van der Waals surface area contributed by atoms with Gasteiger partial charge in [0.05, 0.1) is 0 Å². The summed E-state index contributed by atoms with van der Waals surface area (Å²) in [4.78, 5) is 0. The molecule has 0 aliphatic heterocycles. The van der Waals surface area contributed by atoms with Gasteiger partial charge in [0.1, 0.15) is 0 Å². The van der Waals surface area contributed by atoms with Crippen LogP contribution in [0, 0.1) is 6.92 Å². The van der Waals surface area contributed by atoms with Crippen LogP contribution in [0.15, 0.2) is 43.0 Å². The maximum Gasteiger partial charge on any atom is -0.0241 e. The second kappa shape index (κ2) is 13.9. The van der Waals surface area contributed by atoms with E-state index in [2.05, 4.69) is 68.5 Å². The Morgan fingerprint density at radius 1 is 1.33 bits per heavy atom. The summed E-state index contributed by atoms with van der Waals surface area (Å²) in [6.45, 7) is 15.4. The summed E-state index contributed by atoms with van der Waals surface area (Å²) in [6.07, 6.45) is 3.36. The first kappa shape index (κ1) is 19.2. The predicted molar refractivity (Wildman–Crippen MR) is 88.5 cm³/mol. The topological polar surface area (TPSA) is 0 Å². The zero-order valence-corrected chi connectivity index (χ0v) is 13.1. The lowest BCUT2D eigenvalue weighted by molar-refractivity contribution is 0.889. The standard InChI is InChI=1S/C13H18.C2H2S.C2H6/c1-4-11(2)8-9-13-7-5-6-12(3)10-13;1-2-3;1-2/h5-7,10H,2,4,8-9H2,1,3H3;1H2;1-2H3. The molecule has 0 spiro atoms. The van der Waals surface area contributed by atoms with Crippen LogP contribution in [0.5, 0.6) is 0 Å². The Labute approximate surface area is 118 Å². The SMILES string of the molecule is C=C(CC)CCc1cccc(C)c1.C=C=S.CC. The number of allylic oxidation sites excluding steroid dienone is 1. The second-order valence-corrected chi connectivity index (χ2v) is 4.03. The minimum atomic E-state index is 1.10. The molecule has 0 saturated heterocycles. The quantitative estimate of drug-likeness (QED) is 0.496. The average Bonchev–Trinajstić information content (AvgIpc) is 2.39. The summed E-state index contributed by atoms with van der Waals surface area (Å²) in [5.41, 5.74) is 4.12. The molecule has 0 fully saturated rings. The van der Waals surface area contributed by atoms with Gasteiger partial charge in [-0.1, -0.05) is 67.8 Å². The molecule has 0 radical (unpaired) electrons. The number of benzene rings is 1. The third-order valence-electron chi connectivity index (χ3n) is 2.35. The van der Waals surface area contributed by atoms with Gasteiger partial charge in [0.2, 0.25) is 0 Å². The largest absolute Gasteiger partial charge is 0.0999 e. The van der Waals surface area contributed by atoms with Gasteiger partial charge in [0.15, 0.2) is 0 Å². The van der Waals surface area contributed by atoms with Crippen molar-refractivity contribution in [1.29, 1.82) is 0 Å². The van der Waals surface area contributed by atoms with E-state index in [1.165, 1.54) is 16.7 Å². The molecule has 18 heavy (non-hydrogen) atoms. The maximum absolute atomic E-state index is 4.03. The summed E-state index contributed by atoms with van der Waals surface area (Å²) in [6, 6.07) is 8.70. The molecule has 0 heterocycles. The van der Waals surface area contributed by atoms with Crippen LogP contribution in [0.1, 0.15) is 44.7 Å². The van der Waals surface area contributed by atoms with E-state index in [0.29, 0.717) is 0 Å². The molecule has 100 valence electrons. The third kappa shape index (κ3) is 11.3. The summed E-state index contributed by atoms with van der Waals surface area (Å²) >= 11 is 4.03. The molecule has 0 bridgehead atoms. The highest BCUT2D eigenvalue weighted by Crippen LogP contribution is 2.11. The fraction of sp³-hybridized carbons (Fsp3) is 0.412. The highest BCUT2D eigenvalue weighted by Gasteiger charge is 1.95. The first-order chi connectivity index (χ1) is 8.63. The van der Waals surface area contributed by atoms with Crippen LogP contribution < -0.4 is 0 Å². The Hall–Kier alpha value is -1.17. The number of hydrogen-bond donors (Lipinski definition) is 0. The van der Waals surface area contributed by atoms with Gasteiger partial charge >= 0.3 is 0 Å². The third-order valence-corrected chi connectivity index (χ3v) is 2.35. The van der Waals surface area contributed by atoms with E-state index in [4.69, 9.17) is 0 Å². The second-order valence-electron chi connectivity index (χ2n) is 3.74. The minimum absolute atomic E-state index is 1.10. The zero-order chi connectivity index (χ0) is 14.4. The lowest BCUT2D eigenvalue weighted by Crippen LogP contribution is -1.87. The van der Waals surface area contributed by atoms with Crippen molar-refractivity contribution in [2.75, 3.05) is 0 Å². The Morgan fingerprint density at radius 2 is 1.89 bits per heavy atom. The van der Waals surface area contributed by atoms with Gasteiger partial charge in [-0.05, 0) is 50.5 Å². The first-order valence-electron chi connectivity index (χ1n) is 6.50. The van der Waals surface area contributed by atoms with E-state index in [9.17, 15) is 0 Å². The van der Waals surface area contributed by atoms with E-state index >= 15 is 0 Å². The van der Waals surface area contributed by atoms with Crippen LogP contribution in [-0.2, 0) is 6.42 Å². The van der Waals surface area contributed by atoms with Crippen molar-refractivity contribution in [3.05, 3.63) is 54.1 Å². The molecule has 0 aliphatic carbocycles. The van der Waals surface area contributed by atoms with Gasteiger partial charge in [-0.2, -0.15) is 0 Å². The van der Waals surface area contributed by atoms with Gasteiger partial charge in [0, 0.05) is 0 Å². The Kier molecular flexibility index (Phi) is 14.8. The van der Waals surface area contributed by atoms with E-state index < -0.39 is 0 Å². The van der Waals surface area contributed by atoms with Crippen molar-refractivity contribution in [3.63, 3.8) is 0 Å². The van der Waals surface area contributed by atoms with Gasteiger partial charge in [-0.3, -0.25) is 0 Å². The van der Waals surface area contributed by atoms with Crippen molar-refractivity contribution >= 4 is 17.2 Å². The molecule has 0 unspecified atom stereocenters. The summed E-state index contributed by atoms with van der Waals surface area (Å²) in [5, 5.41) is 2.08. The molecular formula is C17H26S. The lowest BCUT2D eigenvalue weighted by Gasteiger charge is -2.03. The smallest absolute Gasteiger partial charge is 0.0241 e. The lowest BCUT2D eigenvalue weighted by atomic mass is 10.0. The Morgan fingerprint density at radius 3 is 2.33 bits per heavy atom. The van der Waals surface area contributed by atoms with Crippen molar-refractivity contribution < 1.29 is 0 Å². The summed E-state index contributed by atoms with van der Waals surface area (Å²) < 4.78 is 0. The van der Waals surface area contributed by atoms with E-state index in [0.717, 1.165) is 19.3 Å². The molecule has 0 nitrogen and oxygen atoms in total. The fourth-order valence-corrected chi connectivity index (χ4v) is 1.37. The molecule has 1 heteroatoms. The number of rotatable bonds is 4. The van der Waals surface area contributed by atoms with Gasteiger partial charge in [-0.15, -0.1) is 0 Å². The van der Waals surface area contributed by atoms with Gasteiger partial charge in [-0.25, -0.2) is 0 Å². The summed E-state index contributed by atoms with van der Waals surface area (Å²) in [7, 11) is 0. The molecule has 0 N–H and O–H groups in total. The van der Waals surface area contributed by atoms with Crippen LogP contribution in [0.3, 0.4) is 0 Å². The predicted octanol–water partition coefficient (Wildman–Crippen LogP) is 5.69. The van der Waals surface area contributed by atoms with Crippen LogP contribution in [0.2, 0.25) is 0 Å². The van der Waals surface area contributed by atoms with Crippen molar-refractivity contribution in [2.45, 2.75) is 47.0 Å². The molecule has 0 saturated carbocycles. The normalized spacial score (nSPS) is 8.00. The van der Waals surface area contributed by atoms with E-state index in [1.807, 2.05) is 13.8 Å². The molecule has 1 rings (SSSR count). The molecule has 0 amide bonds. The van der Waals surface area contributed by atoms with Crippen molar-refractivity contribution in [2.24, 2.45) is 0 Å². The fourth-order valence-electron chi connectivity index (χ4n) is 1.37. The Balaban J connectivity index is 0. The number of aryl methyl sites for hydroxylation is 2. The molecule has 0 atom stereocenters. The zero-order valence-electron chi connectivity index (χ0n) is 12.3. The van der Waals surface area contributed by atoms with Gasteiger partial charge in [0.25, 0.3) is 0 Å². The monoisotopic (exact) mass is 262 g/mol. The number of hydrogen-bond acceptors (Lipinski definition) is 1. The van der Waals surface area contributed by atoms with E-state index in [1.54, 1.807) is 0 Å². The molecular weight excluding hydrogens is 236 g/mol. The van der Waals surface area contributed by atoms with Gasteiger partial charge < -0.3 is 0 Å². The van der Waals surface area contributed by atoms with Crippen LogP contribution in [0.4, 0.5) is 0 Å². The van der Waals surface area contributed by atoms with Crippen LogP contribution in [0.25, 0.3) is 0 Å².